The maximum absolute atomic E-state index is 13.9. The average Bonchev–Trinajstić information content (AvgIpc) is 3.34. The monoisotopic (exact) mass is 711 g/mol. The Balaban J connectivity index is 1.61. The van der Waals surface area contributed by atoms with E-state index in [0.717, 1.165) is 23.1 Å². The first-order chi connectivity index (χ1) is 23.3. The third-order valence-corrected chi connectivity index (χ3v) is 8.24. The summed E-state index contributed by atoms with van der Waals surface area (Å²) in [6, 6.07) is 13.4. The molecular weight excluding hydrogens is 685 g/mol. The maximum Gasteiger partial charge on any atom is 0.416 e. The average molecular weight is 712 g/mol. The highest BCUT2D eigenvalue weighted by atomic mass is 19.4. The molecular formula is C35H26F9NO5. The Labute approximate surface area is 279 Å². The maximum atomic E-state index is 13.9. The number of esters is 1. The highest BCUT2D eigenvalue weighted by molar-refractivity contribution is 5.98. The molecule has 1 aliphatic heterocycles. The summed E-state index contributed by atoms with van der Waals surface area (Å²) in [4.78, 5) is 26.5. The number of carbonyl (C=O) groups excluding carboxylic acids is 2. The lowest BCUT2D eigenvalue weighted by Gasteiger charge is -2.24. The van der Waals surface area contributed by atoms with Gasteiger partial charge < -0.3 is 14.2 Å². The minimum Gasteiger partial charge on any atom is -0.496 e. The van der Waals surface area contributed by atoms with Gasteiger partial charge in [-0.2, -0.15) is 39.5 Å². The van der Waals surface area contributed by atoms with Crippen LogP contribution in [-0.2, 0) is 34.5 Å². The van der Waals surface area contributed by atoms with E-state index in [9.17, 15) is 49.1 Å². The highest BCUT2D eigenvalue weighted by Crippen LogP contribution is 2.43. The molecule has 264 valence electrons. The molecule has 0 bridgehead atoms. The molecule has 4 aromatic carbocycles. The van der Waals surface area contributed by atoms with E-state index in [0.29, 0.717) is 23.3 Å². The number of alkyl halides is 9. The van der Waals surface area contributed by atoms with Crippen LogP contribution in [0.4, 0.5) is 44.3 Å². The van der Waals surface area contributed by atoms with Gasteiger partial charge in [0.25, 0.3) is 0 Å². The van der Waals surface area contributed by atoms with E-state index >= 15 is 0 Å². The molecule has 0 aromatic heterocycles. The predicted molar refractivity (Wildman–Crippen MR) is 161 cm³/mol. The topological polar surface area (TPSA) is 65.1 Å². The first-order valence-electron chi connectivity index (χ1n) is 14.7. The Bertz CT molecular complexity index is 1900. The summed E-state index contributed by atoms with van der Waals surface area (Å²) >= 11 is 0. The molecule has 0 spiro atoms. The summed E-state index contributed by atoms with van der Waals surface area (Å²) in [6.45, 7) is 0.703. The minimum absolute atomic E-state index is 0.0668. The second kappa shape index (κ2) is 13.2. The molecule has 1 aliphatic rings. The van der Waals surface area contributed by atoms with Crippen molar-refractivity contribution in [3.05, 3.63) is 112 Å². The van der Waals surface area contributed by atoms with E-state index in [4.69, 9.17) is 14.2 Å². The SMILES string of the molecule is COC(=O)c1ccccc1-c1ccc(OC)c(-c2ccc(C(F)(F)F)cc2CN2C(=O)O[C@H](c3cc(C(F)(F)F)cc(C(F)(F)F)c3)[C@@H]2C)c1. The van der Waals surface area contributed by atoms with Gasteiger partial charge in [0.05, 0.1) is 49.1 Å². The molecule has 1 fully saturated rings. The molecule has 5 rings (SSSR count). The number of cyclic esters (lactones) is 1. The lowest BCUT2D eigenvalue weighted by molar-refractivity contribution is -0.143. The number of carbonyl (C=O) groups is 2. The quantitative estimate of drug-likeness (QED) is 0.141. The van der Waals surface area contributed by atoms with Crippen LogP contribution in [0.3, 0.4) is 0 Å². The minimum atomic E-state index is -5.17. The van der Waals surface area contributed by atoms with Gasteiger partial charge in [0.2, 0.25) is 0 Å². The summed E-state index contributed by atoms with van der Waals surface area (Å²) in [6.07, 6.45) is -18.0. The van der Waals surface area contributed by atoms with Crippen molar-refractivity contribution in [2.45, 2.75) is 44.1 Å². The van der Waals surface area contributed by atoms with E-state index in [1.807, 2.05) is 0 Å². The molecule has 1 amide bonds. The summed E-state index contributed by atoms with van der Waals surface area (Å²) in [5, 5.41) is 0. The van der Waals surface area contributed by atoms with Gasteiger partial charge in [0.1, 0.15) is 11.9 Å². The number of hydrogen-bond acceptors (Lipinski definition) is 5. The van der Waals surface area contributed by atoms with E-state index < -0.39 is 71.5 Å². The van der Waals surface area contributed by atoms with Crippen LogP contribution in [0.25, 0.3) is 22.3 Å². The number of ether oxygens (including phenoxy) is 3. The van der Waals surface area contributed by atoms with Gasteiger partial charge in [-0.3, -0.25) is 4.90 Å². The second-order valence-corrected chi connectivity index (χ2v) is 11.3. The molecule has 0 saturated carbocycles. The van der Waals surface area contributed by atoms with Gasteiger partial charge in [-0.25, -0.2) is 9.59 Å². The molecule has 1 saturated heterocycles. The fraction of sp³-hybridized carbons (Fsp3) is 0.257. The Kier molecular flexibility index (Phi) is 9.56. The molecule has 0 unspecified atom stereocenters. The van der Waals surface area contributed by atoms with Crippen LogP contribution < -0.4 is 4.74 Å². The van der Waals surface area contributed by atoms with E-state index in [-0.39, 0.29) is 34.1 Å². The van der Waals surface area contributed by atoms with Crippen molar-refractivity contribution in [3.63, 3.8) is 0 Å². The molecule has 50 heavy (non-hydrogen) atoms. The number of benzene rings is 4. The van der Waals surface area contributed by atoms with Crippen molar-refractivity contribution in [2.24, 2.45) is 0 Å². The van der Waals surface area contributed by atoms with Crippen LogP contribution in [0.1, 0.15) is 51.2 Å². The van der Waals surface area contributed by atoms with E-state index in [1.54, 1.807) is 30.3 Å². The summed E-state index contributed by atoms with van der Waals surface area (Å²) in [7, 11) is 2.52. The first kappa shape index (κ1) is 36.1. The number of halogens is 9. The van der Waals surface area contributed by atoms with Gasteiger partial charge >= 0.3 is 30.6 Å². The van der Waals surface area contributed by atoms with Crippen LogP contribution in [0.2, 0.25) is 0 Å². The van der Waals surface area contributed by atoms with Crippen LogP contribution >= 0.6 is 0 Å². The lowest BCUT2D eigenvalue weighted by atomic mass is 9.91. The lowest BCUT2D eigenvalue weighted by Crippen LogP contribution is -2.32. The molecule has 0 aliphatic carbocycles. The van der Waals surface area contributed by atoms with Gasteiger partial charge in [-0.05, 0) is 83.3 Å². The molecule has 0 radical (unpaired) electrons. The third-order valence-electron chi connectivity index (χ3n) is 8.24. The molecule has 15 heteroatoms. The zero-order chi connectivity index (χ0) is 36.8. The number of methoxy groups -OCH3 is 2. The Hall–Kier alpha value is -5.21. The van der Waals surface area contributed by atoms with Crippen LogP contribution in [0.5, 0.6) is 5.75 Å². The van der Waals surface area contributed by atoms with Crippen molar-refractivity contribution in [1.29, 1.82) is 0 Å². The smallest absolute Gasteiger partial charge is 0.416 e. The molecule has 4 aromatic rings. The van der Waals surface area contributed by atoms with Crippen molar-refractivity contribution >= 4 is 12.1 Å². The standard InChI is InChI=1S/C35H26F9NO5/c1-18-30(20-12-23(34(39,40)41)16-24(13-20)35(42,43)44)50-32(47)45(18)17-21-14-22(33(36,37)38)9-10-26(21)28-15-19(8-11-29(28)48-2)25-6-4-5-7-27(25)31(46)49-3/h4-16,18,30H,17H2,1-3H3/t18-,30-/m0/s1. The number of rotatable bonds is 7. The third kappa shape index (κ3) is 7.21. The Morgan fingerprint density at radius 1 is 0.740 bits per heavy atom. The largest absolute Gasteiger partial charge is 0.496 e. The fourth-order valence-electron chi connectivity index (χ4n) is 5.76. The Morgan fingerprint density at radius 2 is 1.36 bits per heavy atom. The van der Waals surface area contributed by atoms with Gasteiger partial charge in [-0.1, -0.05) is 30.3 Å². The Morgan fingerprint density at radius 3 is 1.94 bits per heavy atom. The first-order valence-corrected chi connectivity index (χ1v) is 14.7. The summed E-state index contributed by atoms with van der Waals surface area (Å²) < 4.78 is 139. The molecule has 6 nitrogen and oxygen atoms in total. The highest BCUT2D eigenvalue weighted by Gasteiger charge is 2.44. The van der Waals surface area contributed by atoms with Crippen molar-refractivity contribution in [3.8, 4) is 28.0 Å². The van der Waals surface area contributed by atoms with Crippen LogP contribution in [-0.4, -0.2) is 37.2 Å². The van der Waals surface area contributed by atoms with Gasteiger partial charge in [0.15, 0.2) is 0 Å². The summed E-state index contributed by atoms with van der Waals surface area (Å²) in [5.74, 6) is -0.448. The predicted octanol–water partition coefficient (Wildman–Crippen LogP) is 9.95. The van der Waals surface area contributed by atoms with Crippen LogP contribution in [0.15, 0.2) is 78.9 Å². The van der Waals surface area contributed by atoms with Crippen molar-refractivity contribution in [2.75, 3.05) is 14.2 Å². The van der Waals surface area contributed by atoms with Gasteiger partial charge in [0, 0.05) is 5.56 Å². The zero-order valence-electron chi connectivity index (χ0n) is 26.3. The number of nitrogens with zero attached hydrogens (tertiary/aromatic N) is 1. The fourth-order valence-corrected chi connectivity index (χ4v) is 5.76. The van der Waals surface area contributed by atoms with Gasteiger partial charge in [-0.15, -0.1) is 0 Å². The second-order valence-electron chi connectivity index (χ2n) is 11.3. The van der Waals surface area contributed by atoms with Crippen LogP contribution in [0, 0.1) is 0 Å². The molecule has 2 atom stereocenters. The van der Waals surface area contributed by atoms with E-state index in [1.165, 1.54) is 33.3 Å². The molecule has 0 N–H and O–H groups in total. The number of hydrogen-bond donors (Lipinski definition) is 0. The van der Waals surface area contributed by atoms with Crippen molar-refractivity contribution < 1.29 is 63.3 Å². The van der Waals surface area contributed by atoms with E-state index in [2.05, 4.69) is 0 Å². The molecule has 1 heterocycles. The van der Waals surface area contributed by atoms with Crippen molar-refractivity contribution in [1.82, 2.24) is 4.90 Å². The number of amides is 1. The normalized spacial score (nSPS) is 16.7. The summed E-state index contributed by atoms with van der Waals surface area (Å²) in [5.41, 5.74) is -3.56. The zero-order valence-corrected chi connectivity index (χ0v) is 26.3.